The number of carbonyl (C=O) groups is 2. The summed E-state index contributed by atoms with van der Waals surface area (Å²) in [4.78, 5) is 27.7. The number of hydrogen-bond acceptors (Lipinski definition) is 4. The number of aliphatic hydroxyl groups excluding tert-OH is 1. The van der Waals surface area contributed by atoms with Crippen LogP contribution in [0.1, 0.15) is 25.3 Å². The molecular weight excluding hydrogens is 363 g/mol. The maximum absolute atomic E-state index is 13.0. The van der Waals surface area contributed by atoms with Crippen molar-refractivity contribution in [3.05, 3.63) is 29.8 Å². The van der Waals surface area contributed by atoms with Crippen molar-refractivity contribution in [2.75, 3.05) is 32.0 Å². The van der Waals surface area contributed by atoms with Gasteiger partial charge in [0.1, 0.15) is 0 Å². The highest BCUT2D eigenvalue weighted by Gasteiger charge is 2.34. The summed E-state index contributed by atoms with van der Waals surface area (Å²) in [6, 6.07) is 4.22. The Morgan fingerprint density at radius 2 is 1.89 bits per heavy atom. The van der Waals surface area contributed by atoms with E-state index in [2.05, 4.69) is 5.32 Å². The van der Waals surface area contributed by atoms with E-state index in [9.17, 15) is 27.9 Å². The first kappa shape index (κ1) is 21.2. The van der Waals surface area contributed by atoms with Crippen molar-refractivity contribution in [3.63, 3.8) is 0 Å². The Morgan fingerprint density at radius 1 is 1.30 bits per heavy atom. The van der Waals surface area contributed by atoms with Crippen LogP contribution in [0.2, 0.25) is 0 Å². The highest BCUT2D eigenvalue weighted by Crippen LogP contribution is 2.34. The second-order valence-electron chi connectivity index (χ2n) is 6.73. The summed E-state index contributed by atoms with van der Waals surface area (Å²) in [6.07, 6.45) is -3.79. The number of halogens is 3. The van der Waals surface area contributed by atoms with Gasteiger partial charge in [-0.15, -0.1) is 0 Å². The van der Waals surface area contributed by atoms with E-state index in [1.165, 1.54) is 30.1 Å². The first-order chi connectivity index (χ1) is 12.6. The van der Waals surface area contributed by atoms with Crippen molar-refractivity contribution in [1.29, 1.82) is 0 Å². The predicted molar refractivity (Wildman–Crippen MR) is 94.0 cm³/mol. The van der Waals surface area contributed by atoms with Crippen molar-refractivity contribution >= 4 is 17.5 Å². The number of para-hydroxylation sites is 1. The second kappa shape index (κ2) is 8.71. The van der Waals surface area contributed by atoms with Crippen LogP contribution in [0.4, 0.5) is 18.9 Å². The van der Waals surface area contributed by atoms with Crippen LogP contribution in [0.3, 0.4) is 0 Å². The fourth-order valence-corrected chi connectivity index (χ4v) is 3.07. The molecule has 0 aliphatic carbocycles. The minimum atomic E-state index is -4.58. The Morgan fingerprint density at radius 3 is 2.48 bits per heavy atom. The third kappa shape index (κ3) is 5.67. The maximum Gasteiger partial charge on any atom is 0.418 e. The number of likely N-dealkylation sites (N-methyl/N-ethyl adjacent to an activating group) is 1. The van der Waals surface area contributed by atoms with E-state index in [1.54, 1.807) is 6.92 Å². The summed E-state index contributed by atoms with van der Waals surface area (Å²) in [5, 5.41) is 11.8. The number of amides is 2. The molecule has 0 spiro atoms. The molecule has 1 aliphatic rings. The average Bonchev–Trinajstić information content (AvgIpc) is 2.60. The van der Waals surface area contributed by atoms with E-state index in [0.717, 1.165) is 6.07 Å². The molecule has 2 amide bonds. The summed E-state index contributed by atoms with van der Waals surface area (Å²) < 4.78 is 39.0. The minimum Gasteiger partial charge on any atom is -0.393 e. The summed E-state index contributed by atoms with van der Waals surface area (Å²) in [6.45, 7) is 2.51. The molecule has 1 aromatic carbocycles. The van der Waals surface area contributed by atoms with Crippen LogP contribution >= 0.6 is 0 Å². The lowest BCUT2D eigenvalue weighted by Crippen LogP contribution is -2.50. The first-order valence-electron chi connectivity index (χ1n) is 8.72. The predicted octanol–water partition coefficient (Wildman–Crippen LogP) is 1.95. The van der Waals surface area contributed by atoms with Gasteiger partial charge in [-0.3, -0.25) is 14.5 Å². The molecule has 1 heterocycles. The van der Waals surface area contributed by atoms with Gasteiger partial charge < -0.3 is 15.3 Å². The highest BCUT2D eigenvalue weighted by atomic mass is 19.4. The Bertz CT molecular complexity index is 673. The van der Waals surface area contributed by atoms with Gasteiger partial charge in [0.15, 0.2) is 0 Å². The molecule has 9 heteroatoms. The van der Waals surface area contributed by atoms with Crippen LogP contribution in [0.25, 0.3) is 0 Å². The molecular formula is C18H24F3N3O3. The molecule has 6 nitrogen and oxygen atoms in total. The Kier molecular flexibility index (Phi) is 6.83. The SMILES string of the molecule is C[C@@H](C(=O)N(C)CC(=O)Nc1ccccc1C(F)(F)F)N1CCC(O)CC1. The number of benzene rings is 1. The van der Waals surface area contributed by atoms with E-state index in [-0.39, 0.29) is 24.2 Å². The maximum atomic E-state index is 13.0. The van der Waals surface area contributed by atoms with Gasteiger partial charge in [0.25, 0.3) is 0 Å². The van der Waals surface area contributed by atoms with Crippen molar-refractivity contribution < 1.29 is 27.9 Å². The van der Waals surface area contributed by atoms with Gasteiger partial charge in [-0.25, -0.2) is 0 Å². The zero-order chi connectivity index (χ0) is 20.2. The molecule has 0 radical (unpaired) electrons. The Hall–Kier alpha value is -2.13. The second-order valence-corrected chi connectivity index (χ2v) is 6.73. The van der Waals surface area contributed by atoms with Crippen LogP contribution in [0.15, 0.2) is 24.3 Å². The van der Waals surface area contributed by atoms with Crippen molar-refractivity contribution in [2.45, 2.75) is 38.1 Å². The van der Waals surface area contributed by atoms with Crippen molar-refractivity contribution in [1.82, 2.24) is 9.80 Å². The summed E-state index contributed by atoms with van der Waals surface area (Å²) in [7, 11) is 1.44. The number of anilines is 1. The number of piperidine rings is 1. The third-order valence-corrected chi connectivity index (χ3v) is 4.67. The molecule has 1 atom stereocenters. The largest absolute Gasteiger partial charge is 0.418 e. The fraction of sp³-hybridized carbons (Fsp3) is 0.556. The molecule has 1 aliphatic heterocycles. The van der Waals surface area contributed by atoms with E-state index >= 15 is 0 Å². The monoisotopic (exact) mass is 387 g/mol. The minimum absolute atomic E-state index is 0.300. The molecule has 1 fully saturated rings. The molecule has 27 heavy (non-hydrogen) atoms. The molecule has 2 N–H and O–H groups in total. The van der Waals surface area contributed by atoms with Gasteiger partial charge in [0.2, 0.25) is 11.8 Å². The van der Waals surface area contributed by atoms with Crippen LogP contribution in [0.5, 0.6) is 0 Å². The van der Waals surface area contributed by atoms with Crippen LogP contribution in [-0.2, 0) is 15.8 Å². The number of alkyl halides is 3. The Balaban J connectivity index is 1.95. The zero-order valence-corrected chi connectivity index (χ0v) is 15.3. The molecule has 1 aromatic rings. The molecule has 1 saturated heterocycles. The van der Waals surface area contributed by atoms with Crippen molar-refractivity contribution in [2.24, 2.45) is 0 Å². The third-order valence-electron chi connectivity index (χ3n) is 4.67. The van der Waals surface area contributed by atoms with Gasteiger partial charge in [-0.2, -0.15) is 13.2 Å². The Labute approximate surface area is 155 Å². The topological polar surface area (TPSA) is 72.9 Å². The van der Waals surface area contributed by atoms with E-state index in [4.69, 9.17) is 0 Å². The number of nitrogens with zero attached hydrogens (tertiary/aromatic N) is 2. The molecule has 0 aromatic heterocycles. The number of carbonyl (C=O) groups excluding carboxylic acids is 2. The number of hydrogen-bond donors (Lipinski definition) is 2. The van der Waals surface area contributed by atoms with Crippen LogP contribution in [-0.4, -0.2) is 65.5 Å². The number of nitrogens with one attached hydrogen (secondary N) is 1. The average molecular weight is 387 g/mol. The molecule has 150 valence electrons. The molecule has 0 bridgehead atoms. The standard InChI is InChI=1S/C18H24F3N3O3/c1-12(24-9-7-13(25)8-10-24)17(27)23(2)11-16(26)22-15-6-4-3-5-14(15)18(19,20)21/h3-6,12-13,25H,7-11H2,1-2H3,(H,22,26)/t12-/m0/s1. The van der Waals surface area contributed by atoms with Crippen LogP contribution < -0.4 is 5.32 Å². The van der Waals surface area contributed by atoms with Gasteiger partial charge in [-0.05, 0) is 31.9 Å². The number of likely N-dealkylation sites (tertiary alicyclic amines) is 1. The van der Waals surface area contributed by atoms with E-state index < -0.39 is 23.7 Å². The summed E-state index contributed by atoms with van der Waals surface area (Å²) in [5.74, 6) is -1.01. The van der Waals surface area contributed by atoms with Gasteiger partial charge in [0.05, 0.1) is 29.9 Å². The molecule has 0 unspecified atom stereocenters. The van der Waals surface area contributed by atoms with E-state index in [0.29, 0.717) is 25.9 Å². The molecule has 0 saturated carbocycles. The first-order valence-corrected chi connectivity index (χ1v) is 8.72. The summed E-state index contributed by atoms with van der Waals surface area (Å²) in [5.41, 5.74) is -1.28. The molecule has 2 rings (SSSR count). The zero-order valence-electron chi connectivity index (χ0n) is 15.3. The van der Waals surface area contributed by atoms with E-state index in [1.807, 2.05) is 4.90 Å². The lowest BCUT2D eigenvalue weighted by Gasteiger charge is -2.35. The smallest absolute Gasteiger partial charge is 0.393 e. The van der Waals surface area contributed by atoms with Gasteiger partial charge in [-0.1, -0.05) is 12.1 Å². The van der Waals surface area contributed by atoms with Gasteiger partial charge in [0, 0.05) is 20.1 Å². The summed E-state index contributed by atoms with van der Waals surface area (Å²) >= 11 is 0. The number of aliphatic hydroxyl groups is 1. The van der Waals surface area contributed by atoms with Crippen LogP contribution in [0, 0.1) is 0 Å². The lowest BCUT2D eigenvalue weighted by molar-refractivity contribution is -0.139. The highest BCUT2D eigenvalue weighted by molar-refractivity contribution is 5.95. The quantitative estimate of drug-likeness (QED) is 0.810. The fourth-order valence-electron chi connectivity index (χ4n) is 3.07. The van der Waals surface area contributed by atoms with Gasteiger partial charge >= 0.3 is 6.18 Å². The number of rotatable bonds is 5. The van der Waals surface area contributed by atoms with Crippen molar-refractivity contribution in [3.8, 4) is 0 Å². The lowest BCUT2D eigenvalue weighted by atomic mass is 10.1. The normalized spacial score (nSPS) is 17.4.